The standard InChI is InChI=1S/C3H6.C2H6O6S2.2K/c1-3-2;3-9(4,5)1-2-10(6,7)8;;/h3H,1H2,2H3;1-2H2,(H,3,4,5)(H,6,7,8);;/q;;2*+1/p-2. The van der Waals surface area contributed by atoms with Gasteiger partial charge in [-0.2, -0.15) is 0 Å². The first-order chi connectivity index (χ1) is 5.62. The van der Waals surface area contributed by atoms with Crippen molar-refractivity contribution >= 4 is 20.2 Å². The Hall–Kier alpha value is 2.83. The van der Waals surface area contributed by atoms with Crippen molar-refractivity contribution in [2.24, 2.45) is 0 Å². The van der Waals surface area contributed by atoms with Crippen LogP contribution in [0.15, 0.2) is 12.7 Å². The van der Waals surface area contributed by atoms with Gasteiger partial charge in [0.25, 0.3) is 0 Å². The third kappa shape index (κ3) is 38.3. The van der Waals surface area contributed by atoms with Gasteiger partial charge >= 0.3 is 103 Å². The molecule has 0 radical (unpaired) electrons. The SMILES string of the molecule is C=CC.O=S(=O)([O-])CCS(=O)(=O)[O-].[K+].[K+]. The van der Waals surface area contributed by atoms with Gasteiger partial charge in [-0.05, 0) is 6.92 Å². The van der Waals surface area contributed by atoms with Crippen molar-refractivity contribution < 1.29 is 129 Å². The normalized spacial score (nSPS) is 9.80. The van der Waals surface area contributed by atoms with Crippen LogP contribution in [0.2, 0.25) is 0 Å². The Kier molecular flexibility index (Phi) is 23.4. The predicted octanol–water partition coefficient (Wildman–Crippen LogP) is -6.72. The van der Waals surface area contributed by atoms with Gasteiger partial charge in [-0.25, -0.2) is 16.8 Å². The van der Waals surface area contributed by atoms with E-state index in [2.05, 4.69) is 6.58 Å². The second-order valence-corrected chi connectivity index (χ2v) is 4.98. The van der Waals surface area contributed by atoms with Gasteiger partial charge in [-0.15, -0.1) is 6.58 Å². The van der Waals surface area contributed by atoms with Crippen LogP contribution in [0.25, 0.3) is 0 Å². The Morgan fingerprint density at radius 1 is 1.00 bits per heavy atom. The molecule has 0 aromatic heterocycles. The molecule has 0 aliphatic heterocycles. The van der Waals surface area contributed by atoms with E-state index < -0.39 is 31.7 Å². The first kappa shape index (κ1) is 26.4. The molecule has 0 heterocycles. The first-order valence-corrected chi connectivity index (χ1v) is 6.22. The summed E-state index contributed by atoms with van der Waals surface area (Å²) in [6.07, 6.45) is 1.75. The zero-order valence-corrected chi connectivity index (χ0v) is 16.8. The maximum absolute atomic E-state index is 9.72. The minimum absolute atomic E-state index is 0. The molecule has 0 aromatic carbocycles. The molecule has 0 unspecified atom stereocenters. The molecule has 15 heavy (non-hydrogen) atoms. The van der Waals surface area contributed by atoms with E-state index >= 15 is 0 Å². The van der Waals surface area contributed by atoms with Crippen LogP contribution in [0.1, 0.15) is 6.92 Å². The fourth-order valence-electron chi connectivity index (χ4n) is 0.204. The molecule has 0 saturated carbocycles. The maximum Gasteiger partial charge on any atom is 1.00 e. The number of allylic oxidation sites excluding steroid dienone is 1. The summed E-state index contributed by atoms with van der Waals surface area (Å²) in [5.74, 6) is -2.31. The van der Waals surface area contributed by atoms with E-state index in [0.717, 1.165) is 0 Å². The Balaban J connectivity index is -0.000000108. The summed E-state index contributed by atoms with van der Waals surface area (Å²) in [6, 6.07) is 0. The van der Waals surface area contributed by atoms with E-state index in [9.17, 15) is 25.9 Å². The second kappa shape index (κ2) is 13.3. The van der Waals surface area contributed by atoms with Crippen molar-refractivity contribution in [1.29, 1.82) is 0 Å². The predicted molar refractivity (Wildman–Crippen MR) is 45.0 cm³/mol. The van der Waals surface area contributed by atoms with Crippen molar-refractivity contribution in [2.45, 2.75) is 6.92 Å². The summed E-state index contributed by atoms with van der Waals surface area (Å²) in [5.41, 5.74) is 0. The summed E-state index contributed by atoms with van der Waals surface area (Å²) in [6.45, 7) is 5.25. The second-order valence-electron chi connectivity index (χ2n) is 1.93. The van der Waals surface area contributed by atoms with E-state index in [1.54, 1.807) is 6.08 Å². The van der Waals surface area contributed by atoms with Crippen molar-refractivity contribution in [1.82, 2.24) is 0 Å². The molecule has 0 N–H and O–H groups in total. The topological polar surface area (TPSA) is 114 Å². The summed E-state index contributed by atoms with van der Waals surface area (Å²) < 4.78 is 58.3. The quantitative estimate of drug-likeness (QED) is 0.291. The van der Waals surface area contributed by atoms with Gasteiger partial charge in [0, 0.05) is 0 Å². The van der Waals surface area contributed by atoms with Gasteiger partial charge in [-0.3, -0.25) is 0 Å². The fourth-order valence-corrected chi connectivity index (χ4v) is 1.84. The molecule has 10 heteroatoms. The van der Waals surface area contributed by atoms with Crippen LogP contribution in [0, 0.1) is 0 Å². The van der Waals surface area contributed by atoms with Gasteiger partial charge in [0.1, 0.15) is 0 Å². The third-order valence-corrected chi connectivity index (χ3v) is 2.25. The summed E-state index contributed by atoms with van der Waals surface area (Å²) in [7, 11) is -9.17. The van der Waals surface area contributed by atoms with Crippen LogP contribution < -0.4 is 103 Å². The van der Waals surface area contributed by atoms with Gasteiger partial charge in [-0.1, -0.05) is 6.08 Å². The Bertz CT molecular complexity index is 301. The van der Waals surface area contributed by atoms with Crippen LogP contribution >= 0.6 is 0 Å². The molecular formula is C5H10K2O6S2. The smallest absolute Gasteiger partial charge is 0.748 e. The number of hydrogen-bond donors (Lipinski definition) is 0. The molecule has 6 nitrogen and oxygen atoms in total. The average Bonchev–Trinajstić information content (AvgIpc) is 1.82. The largest absolute Gasteiger partial charge is 1.00 e. The van der Waals surface area contributed by atoms with Crippen molar-refractivity contribution in [2.75, 3.05) is 11.5 Å². The third-order valence-electron chi connectivity index (χ3n) is 0.583. The Labute approximate surface area is 176 Å². The molecule has 0 fully saturated rings. The van der Waals surface area contributed by atoms with Gasteiger partial charge in [0.15, 0.2) is 0 Å². The minimum Gasteiger partial charge on any atom is -0.748 e. The minimum atomic E-state index is -4.59. The van der Waals surface area contributed by atoms with Gasteiger partial charge in [0.05, 0.1) is 31.7 Å². The number of hydrogen-bond acceptors (Lipinski definition) is 6. The molecule has 0 rings (SSSR count). The zero-order chi connectivity index (χ0) is 11.1. The van der Waals surface area contributed by atoms with E-state index in [1.165, 1.54) is 0 Å². The van der Waals surface area contributed by atoms with Crippen LogP contribution in [0.4, 0.5) is 0 Å². The van der Waals surface area contributed by atoms with Crippen molar-refractivity contribution in [3.8, 4) is 0 Å². The molecule has 0 aromatic rings. The fraction of sp³-hybridized carbons (Fsp3) is 0.600. The average molecular weight is 308 g/mol. The number of rotatable bonds is 3. The Morgan fingerprint density at radius 2 is 1.13 bits per heavy atom. The Morgan fingerprint density at radius 3 is 1.20 bits per heavy atom. The van der Waals surface area contributed by atoms with E-state index in [4.69, 9.17) is 0 Å². The van der Waals surface area contributed by atoms with E-state index in [-0.39, 0.29) is 103 Å². The maximum atomic E-state index is 9.72. The molecule has 0 aliphatic carbocycles. The molecule has 0 saturated heterocycles. The molecule has 0 aliphatic rings. The molecule has 0 bridgehead atoms. The van der Waals surface area contributed by atoms with E-state index in [0.29, 0.717) is 0 Å². The van der Waals surface area contributed by atoms with E-state index in [1.807, 2.05) is 6.92 Å². The monoisotopic (exact) mass is 308 g/mol. The molecule has 0 amide bonds. The summed E-state index contributed by atoms with van der Waals surface area (Å²) >= 11 is 0. The van der Waals surface area contributed by atoms with Crippen LogP contribution in [-0.2, 0) is 20.2 Å². The molecule has 0 spiro atoms. The van der Waals surface area contributed by atoms with Crippen LogP contribution in [0.5, 0.6) is 0 Å². The van der Waals surface area contributed by atoms with Crippen LogP contribution in [0.3, 0.4) is 0 Å². The van der Waals surface area contributed by atoms with Crippen molar-refractivity contribution in [3.05, 3.63) is 12.7 Å². The molecular weight excluding hydrogens is 298 g/mol. The molecule has 0 atom stereocenters. The summed E-state index contributed by atoms with van der Waals surface area (Å²) in [4.78, 5) is 0. The molecule has 80 valence electrons. The summed E-state index contributed by atoms with van der Waals surface area (Å²) in [5, 5.41) is 0. The van der Waals surface area contributed by atoms with Crippen molar-refractivity contribution in [3.63, 3.8) is 0 Å². The zero-order valence-electron chi connectivity index (χ0n) is 8.96. The van der Waals surface area contributed by atoms with Gasteiger partial charge in [0.2, 0.25) is 0 Å². The first-order valence-electron chi connectivity index (χ1n) is 3.06. The van der Waals surface area contributed by atoms with Gasteiger partial charge < -0.3 is 9.11 Å². The van der Waals surface area contributed by atoms with Crippen LogP contribution in [-0.4, -0.2) is 37.4 Å².